The van der Waals surface area contributed by atoms with E-state index >= 15 is 0 Å². The number of carbonyl (C=O) groups is 1. The zero-order valence-electron chi connectivity index (χ0n) is 17.5. The summed E-state index contributed by atoms with van der Waals surface area (Å²) in [5.41, 5.74) is 4.52. The van der Waals surface area contributed by atoms with Gasteiger partial charge < -0.3 is 0 Å². The smallest absolute Gasteiger partial charge is 0.234 e. The maximum Gasteiger partial charge on any atom is 0.234 e. The predicted molar refractivity (Wildman–Crippen MR) is 121 cm³/mol. The molecule has 0 fully saturated rings. The minimum atomic E-state index is -3.38. The minimum Gasteiger partial charge on any atom is -0.288 e. The van der Waals surface area contributed by atoms with Gasteiger partial charge in [-0.2, -0.15) is 5.10 Å². The second kappa shape index (κ2) is 7.96. The Bertz CT molecular complexity index is 1380. The number of carbonyl (C=O) groups excluding carboxylic acids is 1. The van der Waals surface area contributed by atoms with Gasteiger partial charge in [-0.25, -0.2) is 17.9 Å². The molecule has 0 aliphatic carbocycles. The van der Waals surface area contributed by atoms with Crippen molar-refractivity contribution >= 4 is 27.1 Å². The number of hydrogen-bond acceptors (Lipinski definition) is 5. The molecule has 0 N–H and O–H groups in total. The third kappa shape index (κ3) is 3.82. The van der Waals surface area contributed by atoms with Crippen LogP contribution in [0.1, 0.15) is 28.4 Å². The molecule has 0 saturated carbocycles. The summed E-state index contributed by atoms with van der Waals surface area (Å²) in [6.07, 6.45) is 3.14. The first-order valence-electron chi connectivity index (χ1n) is 9.83. The number of nitrogens with zero attached hydrogens (tertiary/aromatic N) is 4. The van der Waals surface area contributed by atoms with E-state index in [1.807, 2.05) is 25.1 Å². The Balaban J connectivity index is 1.78. The Morgan fingerprint density at radius 2 is 1.84 bits per heavy atom. The third-order valence-electron chi connectivity index (χ3n) is 5.25. The molecule has 0 amide bonds. The van der Waals surface area contributed by atoms with Crippen molar-refractivity contribution in [1.82, 2.24) is 14.6 Å². The van der Waals surface area contributed by atoms with Crippen LogP contribution in [0.15, 0.2) is 67.0 Å². The highest BCUT2D eigenvalue weighted by Crippen LogP contribution is 2.27. The lowest BCUT2D eigenvalue weighted by Gasteiger charge is -2.19. The standard InChI is InChI=1S/C23H22N4O3S/c1-4-31(29,30)26(3)19-7-5-6-18(14-19)21-12-13-24-23-20(15-25-27(21)23)22(28)17-10-8-16(2)9-11-17/h5-15H,4H2,1-3H3. The molecule has 0 atom stereocenters. The van der Waals surface area contributed by atoms with E-state index in [1.165, 1.54) is 17.5 Å². The van der Waals surface area contributed by atoms with E-state index in [1.54, 1.807) is 54.0 Å². The Hall–Kier alpha value is -3.52. The summed E-state index contributed by atoms with van der Waals surface area (Å²) in [4.78, 5) is 17.4. The number of sulfonamides is 1. The molecule has 0 spiro atoms. The van der Waals surface area contributed by atoms with Crippen molar-refractivity contribution in [2.45, 2.75) is 13.8 Å². The molecule has 2 aromatic carbocycles. The molecular weight excluding hydrogens is 412 g/mol. The van der Waals surface area contributed by atoms with E-state index in [-0.39, 0.29) is 11.5 Å². The lowest BCUT2D eigenvalue weighted by molar-refractivity contribution is 0.104. The van der Waals surface area contributed by atoms with E-state index in [2.05, 4.69) is 10.1 Å². The number of fused-ring (bicyclic) bond motifs is 1. The Morgan fingerprint density at radius 1 is 1.10 bits per heavy atom. The number of ketones is 1. The molecule has 4 aromatic rings. The molecule has 0 aliphatic heterocycles. The van der Waals surface area contributed by atoms with E-state index in [0.717, 1.165) is 11.1 Å². The molecule has 2 heterocycles. The molecule has 0 unspecified atom stereocenters. The maximum atomic E-state index is 13.0. The fourth-order valence-corrected chi connectivity index (χ4v) is 4.17. The van der Waals surface area contributed by atoms with Crippen LogP contribution in [0.25, 0.3) is 16.9 Å². The van der Waals surface area contributed by atoms with Crippen molar-refractivity contribution in [2.75, 3.05) is 17.1 Å². The Morgan fingerprint density at radius 3 is 2.55 bits per heavy atom. The highest BCUT2D eigenvalue weighted by Gasteiger charge is 2.19. The van der Waals surface area contributed by atoms with Gasteiger partial charge in [-0.1, -0.05) is 42.0 Å². The van der Waals surface area contributed by atoms with Gasteiger partial charge in [0, 0.05) is 24.4 Å². The SMILES string of the molecule is CCS(=O)(=O)N(C)c1cccc(-c2ccnc3c(C(=O)c4ccc(C)cc4)cnn23)c1. The predicted octanol–water partition coefficient (Wildman–Crippen LogP) is 3.72. The molecule has 0 bridgehead atoms. The summed E-state index contributed by atoms with van der Waals surface area (Å²) in [6.45, 7) is 3.58. The summed E-state index contributed by atoms with van der Waals surface area (Å²) >= 11 is 0. The van der Waals surface area contributed by atoms with Gasteiger partial charge in [0.2, 0.25) is 10.0 Å². The van der Waals surface area contributed by atoms with Crippen LogP contribution in [-0.2, 0) is 10.0 Å². The minimum absolute atomic E-state index is 0.0108. The normalized spacial score (nSPS) is 11.6. The topological polar surface area (TPSA) is 84.6 Å². The van der Waals surface area contributed by atoms with Crippen molar-refractivity contribution in [3.05, 3.63) is 83.7 Å². The van der Waals surface area contributed by atoms with Gasteiger partial charge in [-0.15, -0.1) is 0 Å². The molecule has 8 heteroatoms. The van der Waals surface area contributed by atoms with Crippen LogP contribution >= 0.6 is 0 Å². The average molecular weight is 435 g/mol. The summed E-state index contributed by atoms with van der Waals surface area (Å²) in [6, 6.07) is 16.3. The zero-order valence-corrected chi connectivity index (χ0v) is 18.3. The molecule has 0 aliphatic rings. The maximum absolute atomic E-state index is 13.0. The first-order valence-corrected chi connectivity index (χ1v) is 11.4. The third-order valence-corrected chi connectivity index (χ3v) is 7.02. The average Bonchev–Trinajstić information content (AvgIpc) is 3.23. The number of benzene rings is 2. The molecule has 158 valence electrons. The van der Waals surface area contributed by atoms with Gasteiger partial charge in [-0.3, -0.25) is 9.10 Å². The largest absolute Gasteiger partial charge is 0.288 e. The quantitative estimate of drug-likeness (QED) is 0.432. The molecule has 0 saturated heterocycles. The summed E-state index contributed by atoms with van der Waals surface area (Å²) in [7, 11) is -1.85. The van der Waals surface area contributed by atoms with E-state index < -0.39 is 10.0 Å². The van der Waals surface area contributed by atoms with Crippen molar-refractivity contribution in [3.63, 3.8) is 0 Å². The molecule has 0 radical (unpaired) electrons. The number of hydrogen-bond donors (Lipinski definition) is 0. The van der Waals surface area contributed by atoms with Gasteiger partial charge in [0.05, 0.1) is 28.9 Å². The van der Waals surface area contributed by atoms with Crippen LogP contribution in [0.3, 0.4) is 0 Å². The van der Waals surface area contributed by atoms with Gasteiger partial charge in [0.25, 0.3) is 0 Å². The number of aromatic nitrogens is 3. The van der Waals surface area contributed by atoms with Crippen LogP contribution in [0.4, 0.5) is 5.69 Å². The summed E-state index contributed by atoms with van der Waals surface area (Å²) in [5.74, 6) is -0.140. The molecule has 4 rings (SSSR count). The van der Waals surface area contributed by atoms with Gasteiger partial charge in [0.1, 0.15) is 0 Å². The van der Waals surface area contributed by atoms with Crippen LogP contribution < -0.4 is 4.31 Å². The fourth-order valence-electron chi connectivity index (χ4n) is 3.35. The summed E-state index contributed by atoms with van der Waals surface area (Å²) < 4.78 is 27.4. The highest BCUT2D eigenvalue weighted by atomic mass is 32.2. The van der Waals surface area contributed by atoms with Gasteiger partial charge in [-0.05, 0) is 32.0 Å². The number of anilines is 1. The number of aryl methyl sites for hydroxylation is 1. The molecule has 31 heavy (non-hydrogen) atoms. The fraction of sp³-hybridized carbons (Fsp3) is 0.174. The van der Waals surface area contributed by atoms with Crippen molar-refractivity contribution in [1.29, 1.82) is 0 Å². The summed E-state index contributed by atoms with van der Waals surface area (Å²) in [5, 5.41) is 4.40. The van der Waals surface area contributed by atoms with Gasteiger partial charge >= 0.3 is 0 Å². The van der Waals surface area contributed by atoms with Crippen LogP contribution in [0.5, 0.6) is 0 Å². The van der Waals surface area contributed by atoms with E-state index in [9.17, 15) is 13.2 Å². The monoisotopic (exact) mass is 434 g/mol. The van der Waals surface area contributed by atoms with E-state index in [0.29, 0.717) is 28.2 Å². The molecule has 2 aromatic heterocycles. The highest BCUT2D eigenvalue weighted by molar-refractivity contribution is 7.92. The first kappa shape index (κ1) is 20.7. The van der Waals surface area contributed by atoms with Crippen molar-refractivity contribution < 1.29 is 13.2 Å². The van der Waals surface area contributed by atoms with E-state index in [4.69, 9.17) is 0 Å². The lowest BCUT2D eigenvalue weighted by Crippen LogP contribution is -2.27. The first-order chi connectivity index (χ1) is 14.8. The van der Waals surface area contributed by atoms with Crippen LogP contribution in [0.2, 0.25) is 0 Å². The van der Waals surface area contributed by atoms with Crippen molar-refractivity contribution in [3.8, 4) is 11.3 Å². The zero-order chi connectivity index (χ0) is 22.2. The van der Waals surface area contributed by atoms with Gasteiger partial charge in [0.15, 0.2) is 11.4 Å². The van der Waals surface area contributed by atoms with Crippen LogP contribution in [-0.4, -0.2) is 41.6 Å². The molecular formula is C23H22N4O3S. The Labute approximate surface area is 181 Å². The molecule has 7 nitrogen and oxygen atoms in total. The number of rotatable bonds is 6. The Kier molecular flexibility index (Phi) is 5.32. The second-order valence-corrected chi connectivity index (χ2v) is 9.53. The second-order valence-electron chi connectivity index (χ2n) is 7.24. The van der Waals surface area contributed by atoms with Crippen LogP contribution in [0, 0.1) is 6.92 Å². The lowest BCUT2D eigenvalue weighted by atomic mass is 10.0. The van der Waals surface area contributed by atoms with Crippen molar-refractivity contribution in [2.24, 2.45) is 0 Å².